The van der Waals surface area contributed by atoms with Gasteiger partial charge in [-0.3, -0.25) is 0 Å². The molecule has 1 unspecified atom stereocenters. The van der Waals surface area contributed by atoms with Crippen molar-refractivity contribution in [2.24, 2.45) is 5.92 Å². The van der Waals surface area contributed by atoms with E-state index in [-0.39, 0.29) is 12.1 Å². The normalized spacial score (nSPS) is 14.0. The van der Waals surface area contributed by atoms with E-state index in [2.05, 4.69) is 0 Å². The van der Waals surface area contributed by atoms with Gasteiger partial charge >= 0.3 is 5.92 Å². The summed E-state index contributed by atoms with van der Waals surface area (Å²) in [6.07, 6.45) is 0.267. The molecule has 0 rings (SSSR count). The van der Waals surface area contributed by atoms with Crippen LogP contribution in [0.1, 0.15) is 13.8 Å². The van der Waals surface area contributed by atoms with Gasteiger partial charge in [0.05, 0.1) is 0 Å². The van der Waals surface area contributed by atoms with Gasteiger partial charge in [0.15, 0.2) is 0 Å². The molecule has 0 saturated carbocycles. The zero-order valence-electron chi connectivity index (χ0n) is 5.42. The lowest BCUT2D eigenvalue weighted by Crippen LogP contribution is -2.01. The molecule has 0 bridgehead atoms. The van der Waals surface area contributed by atoms with Crippen LogP contribution in [-0.2, 0) is 0 Å². The number of alkyl halides is 3. The molecule has 1 atom stereocenters. The zero-order valence-corrected chi connectivity index (χ0v) is 6.42. The Morgan fingerprint density at radius 2 is 1.78 bits per heavy atom. The standard InChI is InChI=1S/C5H10F3P/c1-4(2)3-9-5(6,7)8/h4,9H,3H2,1-2H3. The molecule has 56 valence electrons. The van der Waals surface area contributed by atoms with Crippen molar-refractivity contribution in [3.8, 4) is 0 Å². The van der Waals surface area contributed by atoms with Crippen molar-refractivity contribution >= 4 is 8.58 Å². The molecule has 0 N–H and O–H groups in total. The lowest BCUT2D eigenvalue weighted by atomic mass is 10.3. The Morgan fingerprint density at radius 1 is 1.33 bits per heavy atom. The Bertz CT molecular complexity index is 76.8. The van der Waals surface area contributed by atoms with Gasteiger partial charge in [0, 0.05) is 0 Å². The van der Waals surface area contributed by atoms with Gasteiger partial charge in [-0.15, -0.1) is 0 Å². The van der Waals surface area contributed by atoms with E-state index >= 15 is 0 Å². The number of halogens is 3. The summed E-state index contributed by atoms with van der Waals surface area (Å²) in [6, 6.07) is 0. The fraction of sp³-hybridized carbons (Fsp3) is 1.00. The highest BCUT2D eigenvalue weighted by Crippen LogP contribution is 2.37. The average molecular weight is 158 g/mol. The van der Waals surface area contributed by atoms with Gasteiger partial charge in [-0.1, -0.05) is 13.8 Å². The first-order valence-electron chi connectivity index (χ1n) is 2.73. The predicted molar refractivity (Wildman–Crippen MR) is 34.1 cm³/mol. The molecular formula is C5H10F3P. The summed E-state index contributed by atoms with van der Waals surface area (Å²) in [7, 11) is -0.878. The summed E-state index contributed by atoms with van der Waals surface area (Å²) in [5.41, 5.74) is 0. The van der Waals surface area contributed by atoms with Crippen LogP contribution in [0.5, 0.6) is 0 Å². The van der Waals surface area contributed by atoms with Crippen LogP contribution in [0.2, 0.25) is 0 Å². The van der Waals surface area contributed by atoms with Gasteiger partial charge in [-0.2, -0.15) is 13.2 Å². The molecule has 0 spiro atoms. The van der Waals surface area contributed by atoms with E-state index < -0.39 is 14.5 Å². The van der Waals surface area contributed by atoms with Crippen LogP contribution in [0, 0.1) is 5.92 Å². The predicted octanol–water partition coefficient (Wildman–Crippen LogP) is 2.84. The zero-order chi connectivity index (χ0) is 7.49. The average Bonchev–Trinajstić information content (AvgIpc) is 1.59. The fourth-order valence-corrected chi connectivity index (χ4v) is 0.960. The van der Waals surface area contributed by atoms with E-state index in [0.717, 1.165) is 0 Å². The van der Waals surface area contributed by atoms with Crippen LogP contribution in [0.25, 0.3) is 0 Å². The molecular weight excluding hydrogens is 148 g/mol. The van der Waals surface area contributed by atoms with Gasteiger partial charge < -0.3 is 0 Å². The maximum atomic E-state index is 11.4. The maximum Gasteiger partial charge on any atom is 0.402 e. The molecule has 0 nitrogen and oxygen atoms in total. The molecule has 0 radical (unpaired) electrons. The molecule has 0 amide bonds. The van der Waals surface area contributed by atoms with Gasteiger partial charge in [-0.25, -0.2) is 0 Å². The van der Waals surface area contributed by atoms with E-state index in [4.69, 9.17) is 0 Å². The second kappa shape index (κ2) is 3.40. The molecule has 0 saturated heterocycles. The van der Waals surface area contributed by atoms with Crippen LogP contribution in [0.3, 0.4) is 0 Å². The molecule has 0 aliphatic rings. The molecule has 0 heterocycles. The number of rotatable bonds is 2. The van der Waals surface area contributed by atoms with Crippen molar-refractivity contribution in [1.82, 2.24) is 0 Å². The maximum absolute atomic E-state index is 11.4. The van der Waals surface area contributed by atoms with Crippen molar-refractivity contribution in [3.05, 3.63) is 0 Å². The largest absolute Gasteiger partial charge is 0.402 e. The number of hydrogen-bond acceptors (Lipinski definition) is 0. The van der Waals surface area contributed by atoms with Gasteiger partial charge in [-0.05, 0) is 20.7 Å². The SMILES string of the molecule is CC(C)CPC(F)(F)F. The molecule has 4 heteroatoms. The first-order chi connectivity index (χ1) is 3.92. The van der Waals surface area contributed by atoms with Crippen LogP contribution in [0.4, 0.5) is 13.2 Å². The Labute approximate surface area is 54.6 Å². The van der Waals surface area contributed by atoms with Crippen LogP contribution < -0.4 is 0 Å². The van der Waals surface area contributed by atoms with E-state index in [9.17, 15) is 13.2 Å². The monoisotopic (exact) mass is 158 g/mol. The fourth-order valence-electron chi connectivity index (χ4n) is 0.320. The van der Waals surface area contributed by atoms with Gasteiger partial charge in [0.25, 0.3) is 0 Å². The lowest BCUT2D eigenvalue weighted by Gasteiger charge is -2.07. The Balaban J connectivity index is 3.28. The van der Waals surface area contributed by atoms with E-state index in [1.54, 1.807) is 13.8 Å². The summed E-state index contributed by atoms with van der Waals surface area (Å²) < 4.78 is 34.3. The summed E-state index contributed by atoms with van der Waals surface area (Å²) in [4.78, 5) is 0. The first-order valence-corrected chi connectivity index (χ1v) is 3.94. The first kappa shape index (κ1) is 9.22. The Hall–Kier alpha value is 0.220. The molecule has 0 fully saturated rings. The Kier molecular flexibility index (Phi) is 3.49. The minimum absolute atomic E-state index is 0.157. The highest BCUT2D eigenvalue weighted by atomic mass is 31.1. The molecule has 0 aliphatic carbocycles. The third-order valence-corrected chi connectivity index (χ3v) is 2.13. The Morgan fingerprint density at radius 3 is 1.89 bits per heavy atom. The van der Waals surface area contributed by atoms with Crippen LogP contribution in [-0.4, -0.2) is 12.1 Å². The van der Waals surface area contributed by atoms with Crippen molar-refractivity contribution in [2.45, 2.75) is 19.8 Å². The van der Waals surface area contributed by atoms with Gasteiger partial charge in [0.2, 0.25) is 0 Å². The summed E-state index contributed by atoms with van der Waals surface area (Å²) in [6.45, 7) is 3.58. The van der Waals surface area contributed by atoms with Gasteiger partial charge in [0.1, 0.15) is 0 Å². The third kappa shape index (κ3) is 8.22. The van der Waals surface area contributed by atoms with Crippen LogP contribution in [0.15, 0.2) is 0 Å². The third-order valence-electron chi connectivity index (χ3n) is 0.711. The topological polar surface area (TPSA) is 0 Å². The summed E-state index contributed by atoms with van der Waals surface area (Å²) in [5.74, 6) is -3.78. The number of hydrogen-bond donors (Lipinski definition) is 0. The van der Waals surface area contributed by atoms with Crippen molar-refractivity contribution in [3.63, 3.8) is 0 Å². The van der Waals surface area contributed by atoms with E-state index in [1.165, 1.54) is 0 Å². The van der Waals surface area contributed by atoms with Crippen LogP contribution >= 0.6 is 8.58 Å². The molecule has 9 heavy (non-hydrogen) atoms. The van der Waals surface area contributed by atoms with E-state index in [1.807, 2.05) is 0 Å². The molecule has 0 aromatic heterocycles. The second-order valence-corrected chi connectivity index (χ2v) is 3.60. The second-order valence-electron chi connectivity index (χ2n) is 2.27. The van der Waals surface area contributed by atoms with E-state index in [0.29, 0.717) is 0 Å². The molecule has 0 aromatic carbocycles. The van der Waals surface area contributed by atoms with Crippen molar-refractivity contribution in [2.75, 3.05) is 6.16 Å². The van der Waals surface area contributed by atoms with Crippen molar-refractivity contribution in [1.29, 1.82) is 0 Å². The summed E-state index contributed by atoms with van der Waals surface area (Å²) in [5, 5.41) is 0. The van der Waals surface area contributed by atoms with Crippen molar-refractivity contribution < 1.29 is 13.2 Å². The minimum atomic E-state index is -3.94. The molecule has 0 aliphatic heterocycles. The quantitative estimate of drug-likeness (QED) is 0.542. The minimum Gasteiger partial charge on any atom is -0.167 e. The lowest BCUT2D eigenvalue weighted by molar-refractivity contribution is -0.0372. The molecule has 0 aromatic rings. The highest BCUT2D eigenvalue weighted by Gasteiger charge is 2.26. The highest BCUT2D eigenvalue weighted by molar-refractivity contribution is 7.39. The summed E-state index contributed by atoms with van der Waals surface area (Å²) >= 11 is 0. The smallest absolute Gasteiger partial charge is 0.167 e.